The van der Waals surface area contributed by atoms with Crippen LogP contribution >= 0.6 is 43.6 Å². The molecule has 32 heavy (non-hydrogen) atoms. The number of carbonyl (C=O) groups excluding carboxylic acids is 3. The zero-order valence-corrected chi connectivity index (χ0v) is 21.1. The highest BCUT2D eigenvalue weighted by atomic mass is 79.9. The lowest BCUT2D eigenvalue weighted by Crippen LogP contribution is -2.35. The van der Waals surface area contributed by atoms with Gasteiger partial charge >= 0.3 is 5.97 Å². The summed E-state index contributed by atoms with van der Waals surface area (Å²) >= 11 is 7.67. The second-order valence-corrected chi connectivity index (χ2v) is 9.74. The number of hydrogen-bond acceptors (Lipinski definition) is 6. The third-order valence-corrected chi connectivity index (χ3v) is 6.23. The van der Waals surface area contributed by atoms with E-state index in [4.69, 9.17) is 9.47 Å². The van der Waals surface area contributed by atoms with Crippen molar-refractivity contribution < 1.29 is 28.2 Å². The Morgan fingerprint density at radius 2 is 1.78 bits per heavy atom. The van der Waals surface area contributed by atoms with E-state index in [0.717, 1.165) is 22.2 Å². The number of carbonyl (C=O) groups is 3. The van der Waals surface area contributed by atoms with E-state index in [-0.39, 0.29) is 23.4 Å². The number of thioether (sulfide) groups is 1. The molecule has 6 nitrogen and oxygen atoms in total. The van der Waals surface area contributed by atoms with Crippen molar-refractivity contribution in [3.05, 3.63) is 67.2 Å². The lowest BCUT2D eigenvalue weighted by molar-refractivity contribution is -0.149. The van der Waals surface area contributed by atoms with Gasteiger partial charge in [0.15, 0.2) is 0 Å². The van der Waals surface area contributed by atoms with Crippen LogP contribution in [0.5, 0.6) is 5.75 Å². The Kier molecular flexibility index (Phi) is 8.13. The summed E-state index contributed by atoms with van der Waals surface area (Å²) in [5.74, 6) is -0.973. The largest absolute Gasteiger partial charge is 0.487 e. The van der Waals surface area contributed by atoms with Gasteiger partial charge in [0.05, 0.1) is 20.0 Å². The molecule has 1 aliphatic heterocycles. The quantitative estimate of drug-likeness (QED) is 0.296. The van der Waals surface area contributed by atoms with Crippen LogP contribution in [-0.2, 0) is 20.9 Å². The fourth-order valence-corrected chi connectivity index (χ4v) is 5.04. The van der Waals surface area contributed by atoms with Crippen LogP contribution in [0.4, 0.5) is 9.18 Å². The summed E-state index contributed by atoms with van der Waals surface area (Å²) in [5.41, 5.74) is 1.45. The highest BCUT2D eigenvalue weighted by Gasteiger charge is 2.36. The summed E-state index contributed by atoms with van der Waals surface area (Å²) in [5, 5.41) is -0.528. The molecule has 1 fully saturated rings. The van der Waals surface area contributed by atoms with Gasteiger partial charge in [0, 0.05) is 0 Å². The number of imide groups is 1. The first-order chi connectivity index (χ1) is 15.1. The van der Waals surface area contributed by atoms with Gasteiger partial charge in [0.2, 0.25) is 0 Å². The number of benzene rings is 2. The normalized spacial score (nSPS) is 15.1. The minimum absolute atomic E-state index is 0.200. The second kappa shape index (κ2) is 10.6. The summed E-state index contributed by atoms with van der Waals surface area (Å²) in [6, 6.07) is 9.48. The van der Waals surface area contributed by atoms with Crippen LogP contribution in [0.15, 0.2) is 50.2 Å². The Bertz CT molecular complexity index is 1070. The molecule has 168 valence electrons. The summed E-state index contributed by atoms with van der Waals surface area (Å²) in [6.45, 7) is 3.19. The smallest absolute Gasteiger partial charge is 0.326 e. The van der Waals surface area contributed by atoms with Crippen LogP contribution in [0.3, 0.4) is 0 Å². The van der Waals surface area contributed by atoms with Crippen LogP contribution in [0.2, 0.25) is 0 Å². The molecule has 10 heteroatoms. The molecular weight excluding hydrogens is 569 g/mol. The van der Waals surface area contributed by atoms with E-state index in [9.17, 15) is 18.8 Å². The minimum atomic E-state index is -0.642. The molecule has 0 saturated carbocycles. The molecule has 0 radical (unpaired) electrons. The maximum atomic E-state index is 13.0. The van der Waals surface area contributed by atoms with Crippen molar-refractivity contribution in [3.63, 3.8) is 0 Å². The van der Waals surface area contributed by atoms with Crippen molar-refractivity contribution in [1.82, 2.24) is 4.90 Å². The van der Waals surface area contributed by atoms with Gasteiger partial charge in [-0.15, -0.1) is 0 Å². The van der Waals surface area contributed by atoms with Crippen molar-refractivity contribution in [2.75, 3.05) is 6.54 Å². The molecule has 0 aromatic heterocycles. The predicted molar refractivity (Wildman–Crippen MR) is 126 cm³/mol. The highest BCUT2D eigenvalue weighted by molar-refractivity contribution is 9.11. The Labute approximate surface area is 205 Å². The van der Waals surface area contributed by atoms with Gasteiger partial charge in [-0.3, -0.25) is 19.3 Å². The van der Waals surface area contributed by atoms with Crippen molar-refractivity contribution in [1.29, 1.82) is 0 Å². The standard InChI is InChI=1S/C22H18Br2FNO5S/c1-12(2)31-19(27)10-26-21(28)18(32-22(26)29)9-14-7-16(23)20(17(24)8-14)30-11-13-3-5-15(25)6-4-13/h3-9,12H,10-11H2,1-2H3/b18-9+. The number of halogens is 3. The molecule has 1 saturated heterocycles. The van der Waals surface area contributed by atoms with Crippen molar-refractivity contribution >= 4 is 66.8 Å². The number of amides is 2. The van der Waals surface area contributed by atoms with Crippen molar-refractivity contribution in [2.45, 2.75) is 26.6 Å². The van der Waals surface area contributed by atoms with Gasteiger partial charge in [-0.1, -0.05) is 12.1 Å². The first-order valence-electron chi connectivity index (χ1n) is 9.45. The molecular formula is C22H18Br2FNO5S. The van der Waals surface area contributed by atoms with Gasteiger partial charge in [-0.2, -0.15) is 0 Å². The Morgan fingerprint density at radius 3 is 2.38 bits per heavy atom. The fourth-order valence-electron chi connectivity index (χ4n) is 2.75. The van der Waals surface area contributed by atoms with Gasteiger partial charge < -0.3 is 9.47 Å². The van der Waals surface area contributed by atoms with Crippen LogP contribution in [0.25, 0.3) is 6.08 Å². The van der Waals surface area contributed by atoms with Crippen LogP contribution in [0.1, 0.15) is 25.0 Å². The molecule has 1 heterocycles. The first kappa shape index (κ1) is 24.5. The number of nitrogens with zero attached hydrogens (tertiary/aromatic N) is 1. The summed E-state index contributed by atoms with van der Waals surface area (Å²) in [7, 11) is 0. The lowest BCUT2D eigenvalue weighted by atomic mass is 10.2. The maximum Gasteiger partial charge on any atom is 0.326 e. The van der Waals surface area contributed by atoms with E-state index in [2.05, 4.69) is 31.9 Å². The summed E-state index contributed by atoms with van der Waals surface area (Å²) in [4.78, 5) is 37.7. The van der Waals surface area contributed by atoms with Gasteiger partial charge in [-0.25, -0.2) is 4.39 Å². The van der Waals surface area contributed by atoms with E-state index in [1.54, 1.807) is 44.2 Å². The third-order valence-electron chi connectivity index (χ3n) is 4.14. The van der Waals surface area contributed by atoms with E-state index < -0.39 is 23.7 Å². The first-order valence-corrected chi connectivity index (χ1v) is 11.9. The lowest BCUT2D eigenvalue weighted by Gasteiger charge is -2.13. The van der Waals surface area contributed by atoms with E-state index >= 15 is 0 Å². The SMILES string of the molecule is CC(C)OC(=O)CN1C(=O)S/C(=C/c2cc(Br)c(OCc3ccc(F)cc3)c(Br)c2)C1=O. The minimum Gasteiger partial charge on any atom is -0.487 e. The molecule has 0 aliphatic carbocycles. The maximum absolute atomic E-state index is 13.0. The van der Waals surface area contributed by atoms with Gasteiger partial charge in [-0.05, 0) is 98.9 Å². The third kappa shape index (κ3) is 6.20. The zero-order chi connectivity index (χ0) is 23.4. The van der Waals surface area contributed by atoms with Gasteiger partial charge in [0.1, 0.15) is 24.7 Å². The Morgan fingerprint density at radius 1 is 1.16 bits per heavy atom. The molecule has 0 N–H and O–H groups in total. The topological polar surface area (TPSA) is 72.9 Å². The van der Waals surface area contributed by atoms with Crippen LogP contribution in [-0.4, -0.2) is 34.7 Å². The number of rotatable bonds is 7. The van der Waals surface area contributed by atoms with E-state index in [1.165, 1.54) is 12.1 Å². The number of esters is 1. The monoisotopic (exact) mass is 585 g/mol. The Hall–Kier alpha value is -2.17. The molecule has 2 amide bonds. The van der Waals surface area contributed by atoms with Gasteiger partial charge in [0.25, 0.3) is 11.1 Å². The number of hydrogen-bond donors (Lipinski definition) is 0. The second-order valence-electron chi connectivity index (χ2n) is 7.04. The average molecular weight is 587 g/mol. The highest BCUT2D eigenvalue weighted by Crippen LogP contribution is 2.38. The van der Waals surface area contributed by atoms with E-state index in [0.29, 0.717) is 20.3 Å². The predicted octanol–water partition coefficient (Wildman–Crippen LogP) is 5.92. The average Bonchev–Trinajstić information content (AvgIpc) is 2.95. The summed E-state index contributed by atoms with van der Waals surface area (Å²) in [6.07, 6.45) is 1.23. The zero-order valence-electron chi connectivity index (χ0n) is 17.1. The van der Waals surface area contributed by atoms with Crippen molar-refractivity contribution in [2.24, 2.45) is 0 Å². The molecule has 2 aromatic carbocycles. The molecule has 2 aromatic rings. The molecule has 3 rings (SSSR count). The number of ether oxygens (including phenoxy) is 2. The molecule has 0 unspecified atom stereocenters. The molecule has 0 atom stereocenters. The van der Waals surface area contributed by atoms with Crippen LogP contribution in [0, 0.1) is 5.82 Å². The van der Waals surface area contributed by atoms with Crippen molar-refractivity contribution in [3.8, 4) is 5.75 Å². The molecule has 1 aliphatic rings. The van der Waals surface area contributed by atoms with E-state index in [1.807, 2.05) is 0 Å². The summed E-state index contributed by atoms with van der Waals surface area (Å²) < 4.78 is 25.1. The Balaban J connectivity index is 1.73. The van der Waals surface area contributed by atoms with Crippen LogP contribution < -0.4 is 4.74 Å². The molecule has 0 bridgehead atoms. The molecule has 0 spiro atoms. The fraction of sp³-hybridized carbons (Fsp3) is 0.227.